The minimum atomic E-state index is -0.422. The Bertz CT molecular complexity index is 657. The van der Waals surface area contributed by atoms with Crippen molar-refractivity contribution in [2.75, 3.05) is 23.1 Å². The van der Waals surface area contributed by atoms with Crippen molar-refractivity contribution in [1.29, 1.82) is 0 Å². The molecule has 0 saturated carbocycles. The number of nitrogens with one attached hydrogen (secondary N) is 2. The molecular formula is C13H12N4O3. The van der Waals surface area contributed by atoms with Crippen molar-refractivity contribution in [2.45, 2.75) is 0 Å². The third-order valence-electron chi connectivity index (χ3n) is 3.01. The van der Waals surface area contributed by atoms with Crippen LogP contribution in [0.5, 0.6) is 5.75 Å². The molecule has 0 bridgehead atoms. The number of hydrogen-bond donors (Lipinski definition) is 2. The maximum atomic E-state index is 10.6. The molecule has 1 heterocycles. The number of non-ortho nitro benzene ring substituents is 1. The molecule has 7 nitrogen and oxygen atoms in total. The molecule has 102 valence electrons. The largest absolute Gasteiger partial charge is 0.497 e. The monoisotopic (exact) mass is 272 g/mol. The summed E-state index contributed by atoms with van der Waals surface area (Å²) < 4.78 is 5.16. The summed E-state index contributed by atoms with van der Waals surface area (Å²) in [6, 6.07) is 11.9. The topological polar surface area (TPSA) is 79.7 Å². The number of nitrogens with zero attached hydrogens (tertiary/aromatic N) is 2. The van der Waals surface area contributed by atoms with Gasteiger partial charge in [0.05, 0.1) is 29.1 Å². The lowest BCUT2D eigenvalue weighted by molar-refractivity contribution is -0.384. The molecule has 2 N–H and O–H groups in total. The van der Waals surface area contributed by atoms with E-state index in [1.807, 2.05) is 18.2 Å². The lowest BCUT2D eigenvalue weighted by atomic mass is 10.2. The molecule has 3 rings (SSSR count). The first-order valence-electron chi connectivity index (χ1n) is 5.93. The Balaban J connectivity index is 1.82. The van der Waals surface area contributed by atoms with Crippen LogP contribution in [0, 0.1) is 10.1 Å². The Hall–Kier alpha value is -2.96. The van der Waals surface area contributed by atoms with Gasteiger partial charge in [0.15, 0.2) is 0 Å². The van der Waals surface area contributed by atoms with E-state index >= 15 is 0 Å². The highest BCUT2D eigenvalue weighted by Crippen LogP contribution is 2.34. The highest BCUT2D eigenvalue weighted by atomic mass is 16.6. The normalized spacial score (nSPS) is 12.3. The van der Waals surface area contributed by atoms with Gasteiger partial charge < -0.3 is 4.74 Å². The van der Waals surface area contributed by atoms with Crippen molar-refractivity contribution in [3.8, 4) is 5.75 Å². The van der Waals surface area contributed by atoms with Gasteiger partial charge in [0.25, 0.3) is 5.69 Å². The van der Waals surface area contributed by atoms with E-state index in [-0.39, 0.29) is 5.69 Å². The van der Waals surface area contributed by atoms with Crippen LogP contribution in [0.2, 0.25) is 0 Å². The maximum Gasteiger partial charge on any atom is 0.269 e. The zero-order valence-corrected chi connectivity index (χ0v) is 10.7. The van der Waals surface area contributed by atoms with Crippen molar-refractivity contribution < 1.29 is 9.66 Å². The Labute approximate surface area is 114 Å². The van der Waals surface area contributed by atoms with Crippen LogP contribution in [-0.2, 0) is 0 Å². The van der Waals surface area contributed by atoms with Gasteiger partial charge in [-0.15, -0.1) is 0 Å². The van der Waals surface area contributed by atoms with Gasteiger partial charge in [-0.3, -0.25) is 21.0 Å². The fourth-order valence-electron chi connectivity index (χ4n) is 1.96. The van der Waals surface area contributed by atoms with Crippen LogP contribution in [0.3, 0.4) is 0 Å². The van der Waals surface area contributed by atoms with Crippen molar-refractivity contribution in [2.24, 2.45) is 0 Å². The summed E-state index contributed by atoms with van der Waals surface area (Å²) in [5.74, 6) is 0.753. The van der Waals surface area contributed by atoms with Gasteiger partial charge in [-0.25, -0.2) is 0 Å². The fraction of sp³-hybridized carbons (Fsp3) is 0.0769. The van der Waals surface area contributed by atoms with Crippen molar-refractivity contribution in [1.82, 2.24) is 0 Å². The zero-order valence-electron chi connectivity index (χ0n) is 10.7. The Kier molecular flexibility index (Phi) is 2.79. The standard InChI is InChI=1S/C13H12N4O3/c1-20-11-6-7-12-13(8-11)15-16(14-12)9-2-4-10(5-3-9)17(18)19/h2-8,14-15H,1H3. The predicted molar refractivity (Wildman–Crippen MR) is 75.8 cm³/mol. The van der Waals surface area contributed by atoms with Gasteiger partial charge >= 0.3 is 0 Å². The molecule has 0 unspecified atom stereocenters. The molecule has 0 saturated heterocycles. The van der Waals surface area contributed by atoms with E-state index in [0.717, 1.165) is 22.8 Å². The summed E-state index contributed by atoms with van der Waals surface area (Å²) >= 11 is 0. The van der Waals surface area contributed by atoms with Crippen LogP contribution >= 0.6 is 0 Å². The molecule has 2 aromatic carbocycles. The van der Waals surface area contributed by atoms with E-state index in [1.165, 1.54) is 12.1 Å². The van der Waals surface area contributed by atoms with E-state index < -0.39 is 4.92 Å². The number of anilines is 3. The first kappa shape index (κ1) is 12.1. The summed E-state index contributed by atoms with van der Waals surface area (Å²) in [5.41, 5.74) is 8.91. The predicted octanol–water partition coefficient (Wildman–Crippen LogP) is 2.78. The van der Waals surface area contributed by atoms with Gasteiger partial charge in [-0.2, -0.15) is 5.12 Å². The first-order valence-corrected chi connectivity index (χ1v) is 5.93. The number of hydrogen-bond acceptors (Lipinski definition) is 6. The van der Waals surface area contributed by atoms with E-state index in [9.17, 15) is 10.1 Å². The summed E-state index contributed by atoms with van der Waals surface area (Å²) in [6.07, 6.45) is 0. The van der Waals surface area contributed by atoms with E-state index in [4.69, 9.17) is 4.74 Å². The van der Waals surface area contributed by atoms with Crippen LogP contribution in [0.25, 0.3) is 0 Å². The quantitative estimate of drug-likeness (QED) is 0.660. The molecule has 20 heavy (non-hydrogen) atoms. The second kappa shape index (κ2) is 4.61. The average molecular weight is 272 g/mol. The smallest absolute Gasteiger partial charge is 0.269 e. The minimum absolute atomic E-state index is 0.0622. The average Bonchev–Trinajstić information content (AvgIpc) is 2.90. The Morgan fingerprint density at radius 2 is 1.80 bits per heavy atom. The Morgan fingerprint density at radius 3 is 2.45 bits per heavy atom. The molecule has 0 aromatic heterocycles. The lowest BCUT2D eigenvalue weighted by Gasteiger charge is -2.18. The molecule has 0 radical (unpaired) electrons. The maximum absolute atomic E-state index is 10.6. The number of fused-ring (bicyclic) bond motifs is 1. The summed E-state index contributed by atoms with van der Waals surface area (Å²) in [6.45, 7) is 0. The molecule has 2 aromatic rings. The highest BCUT2D eigenvalue weighted by molar-refractivity contribution is 5.80. The summed E-state index contributed by atoms with van der Waals surface area (Å²) in [4.78, 5) is 10.2. The third-order valence-corrected chi connectivity index (χ3v) is 3.01. The van der Waals surface area contributed by atoms with E-state index in [0.29, 0.717) is 0 Å². The second-order valence-electron chi connectivity index (χ2n) is 4.24. The summed E-state index contributed by atoms with van der Waals surface area (Å²) in [5, 5.41) is 12.3. The molecule has 0 spiro atoms. The van der Waals surface area contributed by atoms with Crippen molar-refractivity contribution in [3.63, 3.8) is 0 Å². The number of nitro benzene ring substituents is 1. The number of benzene rings is 2. The van der Waals surface area contributed by atoms with Crippen LogP contribution in [-0.4, -0.2) is 12.0 Å². The number of ether oxygens (including phenoxy) is 1. The molecular weight excluding hydrogens is 260 g/mol. The van der Waals surface area contributed by atoms with Gasteiger partial charge in [-0.1, -0.05) is 0 Å². The zero-order chi connectivity index (χ0) is 14.1. The third kappa shape index (κ3) is 2.05. The van der Waals surface area contributed by atoms with Crippen LogP contribution < -0.4 is 20.7 Å². The first-order chi connectivity index (χ1) is 9.67. The fourth-order valence-corrected chi connectivity index (χ4v) is 1.96. The van der Waals surface area contributed by atoms with E-state index in [2.05, 4.69) is 10.9 Å². The van der Waals surface area contributed by atoms with Crippen molar-refractivity contribution in [3.05, 3.63) is 52.6 Å². The van der Waals surface area contributed by atoms with Crippen LogP contribution in [0.15, 0.2) is 42.5 Å². The van der Waals surface area contributed by atoms with Gasteiger partial charge in [0.1, 0.15) is 5.75 Å². The lowest BCUT2D eigenvalue weighted by Crippen LogP contribution is -2.29. The molecule has 0 fully saturated rings. The molecule has 1 aliphatic heterocycles. The number of methoxy groups -OCH3 is 1. The SMILES string of the molecule is COc1ccc2c(c1)NN(c1ccc([N+](=O)[O-])cc1)N2. The Morgan fingerprint density at radius 1 is 1.10 bits per heavy atom. The van der Waals surface area contributed by atoms with Gasteiger partial charge in [-0.05, 0) is 24.3 Å². The molecule has 7 heteroatoms. The molecule has 0 amide bonds. The molecule has 0 aliphatic carbocycles. The van der Waals surface area contributed by atoms with Crippen LogP contribution in [0.1, 0.15) is 0 Å². The number of rotatable bonds is 3. The summed E-state index contributed by atoms with van der Waals surface area (Å²) in [7, 11) is 1.61. The van der Waals surface area contributed by atoms with Gasteiger partial charge in [0.2, 0.25) is 0 Å². The second-order valence-corrected chi connectivity index (χ2v) is 4.24. The van der Waals surface area contributed by atoms with Crippen LogP contribution in [0.4, 0.5) is 22.7 Å². The van der Waals surface area contributed by atoms with Gasteiger partial charge in [0, 0.05) is 18.2 Å². The number of nitro groups is 1. The molecule has 1 aliphatic rings. The number of hydrazine groups is 2. The highest BCUT2D eigenvalue weighted by Gasteiger charge is 2.19. The molecule has 0 atom stereocenters. The minimum Gasteiger partial charge on any atom is -0.497 e. The van der Waals surface area contributed by atoms with Crippen molar-refractivity contribution >= 4 is 22.7 Å². The van der Waals surface area contributed by atoms with E-state index in [1.54, 1.807) is 24.4 Å².